The van der Waals surface area contributed by atoms with E-state index in [0.29, 0.717) is 0 Å². The number of nitrogens with one attached hydrogen (secondary N) is 1. The number of nitrogens with zero attached hydrogens (tertiary/aromatic N) is 1. The van der Waals surface area contributed by atoms with E-state index < -0.39 is 0 Å². The Morgan fingerprint density at radius 1 is 1.31 bits per heavy atom. The summed E-state index contributed by atoms with van der Waals surface area (Å²) < 4.78 is 0. The van der Waals surface area contributed by atoms with Crippen LogP contribution in [0, 0.1) is 0 Å². The van der Waals surface area contributed by atoms with Gasteiger partial charge in [-0.2, -0.15) is 0 Å². The van der Waals surface area contributed by atoms with Crippen LogP contribution in [0.5, 0.6) is 0 Å². The van der Waals surface area contributed by atoms with Crippen molar-refractivity contribution in [2.75, 3.05) is 27.2 Å². The van der Waals surface area contributed by atoms with Crippen molar-refractivity contribution < 1.29 is 0 Å². The van der Waals surface area contributed by atoms with Gasteiger partial charge in [0.1, 0.15) is 0 Å². The minimum atomic E-state index is 0.0948. The maximum atomic E-state index is 5.94. The quantitative estimate of drug-likeness (QED) is 0.852. The lowest BCUT2D eigenvalue weighted by Crippen LogP contribution is -2.52. The molecule has 88 valence electrons. The zero-order valence-electron chi connectivity index (χ0n) is 9.96. The number of hydrogen-bond donors (Lipinski definition) is 1. The van der Waals surface area contributed by atoms with Gasteiger partial charge in [0, 0.05) is 11.6 Å². The van der Waals surface area contributed by atoms with Gasteiger partial charge in [-0.05, 0) is 51.2 Å². The van der Waals surface area contributed by atoms with Gasteiger partial charge in [-0.25, -0.2) is 0 Å². The summed E-state index contributed by atoms with van der Waals surface area (Å²) in [5.74, 6) is 0. The lowest BCUT2D eigenvalue weighted by Gasteiger charge is -2.42. The summed E-state index contributed by atoms with van der Waals surface area (Å²) in [6.07, 6.45) is 2.43. The molecule has 1 heterocycles. The average molecular weight is 239 g/mol. The van der Waals surface area contributed by atoms with Gasteiger partial charge in [0.05, 0.1) is 5.54 Å². The summed E-state index contributed by atoms with van der Waals surface area (Å²) in [5, 5.41) is 4.30. The summed E-state index contributed by atoms with van der Waals surface area (Å²) in [6.45, 7) is 2.25. The molecule has 0 aliphatic carbocycles. The molecule has 1 aliphatic heterocycles. The highest BCUT2D eigenvalue weighted by Crippen LogP contribution is 2.31. The summed E-state index contributed by atoms with van der Waals surface area (Å²) in [5.41, 5.74) is 1.43. The Labute approximate surface area is 103 Å². The highest BCUT2D eigenvalue weighted by atomic mass is 35.5. The van der Waals surface area contributed by atoms with E-state index in [1.807, 2.05) is 19.2 Å². The number of hydrogen-bond acceptors (Lipinski definition) is 2. The van der Waals surface area contributed by atoms with E-state index in [-0.39, 0.29) is 5.54 Å². The van der Waals surface area contributed by atoms with Crippen molar-refractivity contribution in [3.63, 3.8) is 0 Å². The molecule has 2 nitrogen and oxygen atoms in total. The molecule has 0 saturated carbocycles. The molecule has 3 heteroatoms. The molecule has 1 aromatic rings. The highest BCUT2D eigenvalue weighted by Gasteiger charge is 2.34. The Balaban J connectivity index is 2.29. The minimum absolute atomic E-state index is 0.0948. The molecular formula is C13H19ClN2. The molecule has 0 radical (unpaired) electrons. The predicted molar refractivity (Wildman–Crippen MR) is 68.9 cm³/mol. The molecular weight excluding hydrogens is 220 g/mol. The van der Waals surface area contributed by atoms with Crippen LogP contribution in [-0.4, -0.2) is 32.1 Å². The van der Waals surface area contributed by atoms with Crippen molar-refractivity contribution in [3.8, 4) is 0 Å². The second-order valence-corrected chi connectivity index (χ2v) is 5.12. The first kappa shape index (κ1) is 11.9. The second kappa shape index (κ2) is 4.74. The lowest BCUT2D eigenvalue weighted by molar-refractivity contribution is 0.152. The van der Waals surface area contributed by atoms with Crippen LogP contribution in [0.2, 0.25) is 5.02 Å². The molecule has 1 aromatic carbocycles. The highest BCUT2D eigenvalue weighted by molar-refractivity contribution is 6.30. The largest absolute Gasteiger partial charge is 0.309 e. The Morgan fingerprint density at radius 2 is 2.00 bits per heavy atom. The summed E-state index contributed by atoms with van der Waals surface area (Å²) >= 11 is 5.94. The first-order valence-corrected chi connectivity index (χ1v) is 6.18. The smallest absolute Gasteiger partial charge is 0.0561 e. The van der Waals surface area contributed by atoms with E-state index in [1.54, 1.807) is 0 Å². The van der Waals surface area contributed by atoms with Gasteiger partial charge in [0.25, 0.3) is 0 Å². The van der Waals surface area contributed by atoms with Gasteiger partial charge >= 0.3 is 0 Å². The zero-order valence-corrected chi connectivity index (χ0v) is 10.7. The fourth-order valence-corrected chi connectivity index (χ4v) is 2.75. The molecule has 1 fully saturated rings. The van der Waals surface area contributed by atoms with Crippen molar-refractivity contribution >= 4 is 11.6 Å². The Morgan fingerprint density at radius 3 is 2.56 bits per heavy atom. The van der Waals surface area contributed by atoms with Crippen molar-refractivity contribution in [1.29, 1.82) is 0 Å². The lowest BCUT2D eigenvalue weighted by atomic mass is 9.82. The summed E-state index contributed by atoms with van der Waals surface area (Å²) in [6, 6.07) is 8.23. The normalized spacial score (nSPS) is 26.9. The predicted octanol–water partition coefficient (Wildman–Crippen LogP) is 2.48. The first-order chi connectivity index (χ1) is 7.66. The fraction of sp³-hybridized carbons (Fsp3) is 0.538. The van der Waals surface area contributed by atoms with Crippen LogP contribution >= 0.6 is 11.6 Å². The van der Waals surface area contributed by atoms with Crippen LogP contribution in [0.15, 0.2) is 24.3 Å². The average Bonchev–Trinajstić information content (AvgIpc) is 2.29. The first-order valence-electron chi connectivity index (χ1n) is 5.80. The van der Waals surface area contributed by atoms with Gasteiger partial charge in [0.15, 0.2) is 0 Å². The number of benzene rings is 1. The fourth-order valence-electron chi connectivity index (χ4n) is 2.62. The third kappa shape index (κ3) is 2.24. The minimum Gasteiger partial charge on any atom is -0.309 e. The van der Waals surface area contributed by atoms with Crippen LogP contribution in [0.25, 0.3) is 0 Å². The van der Waals surface area contributed by atoms with Crippen molar-refractivity contribution in [2.24, 2.45) is 0 Å². The second-order valence-electron chi connectivity index (χ2n) is 4.68. The molecule has 0 spiro atoms. The van der Waals surface area contributed by atoms with Crippen LogP contribution in [0.4, 0.5) is 0 Å². The number of likely N-dealkylation sites (tertiary alicyclic amines) is 1. The van der Waals surface area contributed by atoms with Crippen LogP contribution in [-0.2, 0) is 5.54 Å². The standard InChI is InChI=1S/C13H19ClN2/c1-15-13(8-3-9-16(2)10-13)11-4-6-12(14)7-5-11/h4-7,15H,3,8-10H2,1-2H3. The zero-order chi connectivity index (χ0) is 11.6. The third-order valence-corrected chi connectivity index (χ3v) is 3.81. The molecule has 0 aromatic heterocycles. The van der Waals surface area contributed by atoms with E-state index in [4.69, 9.17) is 11.6 Å². The summed E-state index contributed by atoms with van der Waals surface area (Å²) in [7, 11) is 4.23. The Bertz CT molecular complexity index is 349. The molecule has 1 unspecified atom stereocenters. The van der Waals surface area contributed by atoms with Crippen molar-refractivity contribution in [2.45, 2.75) is 18.4 Å². The third-order valence-electron chi connectivity index (χ3n) is 3.56. The molecule has 1 atom stereocenters. The van der Waals surface area contributed by atoms with Crippen LogP contribution in [0.3, 0.4) is 0 Å². The summed E-state index contributed by atoms with van der Waals surface area (Å²) in [4.78, 5) is 2.38. The molecule has 0 bridgehead atoms. The van der Waals surface area contributed by atoms with Gasteiger partial charge < -0.3 is 10.2 Å². The Hall–Kier alpha value is -0.570. The number of rotatable bonds is 2. The topological polar surface area (TPSA) is 15.3 Å². The maximum Gasteiger partial charge on any atom is 0.0561 e. The van der Waals surface area contributed by atoms with E-state index in [2.05, 4.69) is 29.4 Å². The molecule has 0 amide bonds. The monoisotopic (exact) mass is 238 g/mol. The van der Waals surface area contributed by atoms with Gasteiger partial charge in [-0.1, -0.05) is 23.7 Å². The number of halogens is 1. The number of likely N-dealkylation sites (N-methyl/N-ethyl adjacent to an activating group) is 2. The molecule has 1 N–H and O–H groups in total. The van der Waals surface area contributed by atoms with Crippen molar-refractivity contribution in [1.82, 2.24) is 10.2 Å². The Kier molecular flexibility index (Phi) is 3.53. The molecule has 1 aliphatic rings. The van der Waals surface area contributed by atoms with Crippen LogP contribution in [0.1, 0.15) is 18.4 Å². The SMILES string of the molecule is CNC1(c2ccc(Cl)cc2)CCCN(C)C1. The van der Waals surface area contributed by atoms with Crippen LogP contribution < -0.4 is 5.32 Å². The van der Waals surface area contributed by atoms with E-state index in [0.717, 1.165) is 11.6 Å². The molecule has 16 heavy (non-hydrogen) atoms. The van der Waals surface area contributed by atoms with E-state index >= 15 is 0 Å². The molecule has 1 saturated heterocycles. The number of piperidine rings is 1. The van der Waals surface area contributed by atoms with E-state index in [9.17, 15) is 0 Å². The van der Waals surface area contributed by atoms with Gasteiger partial charge in [0.2, 0.25) is 0 Å². The van der Waals surface area contributed by atoms with Gasteiger partial charge in [-0.3, -0.25) is 0 Å². The molecule has 2 rings (SSSR count). The van der Waals surface area contributed by atoms with Gasteiger partial charge in [-0.15, -0.1) is 0 Å². The van der Waals surface area contributed by atoms with E-state index in [1.165, 1.54) is 24.9 Å². The van der Waals surface area contributed by atoms with Crippen molar-refractivity contribution in [3.05, 3.63) is 34.9 Å². The maximum absolute atomic E-state index is 5.94.